The summed E-state index contributed by atoms with van der Waals surface area (Å²) in [7, 11) is 3.39. The minimum atomic E-state index is 0.819. The molecular weight excluding hydrogens is 140 g/mol. The summed E-state index contributed by atoms with van der Waals surface area (Å²) in [6, 6.07) is 0. The zero-order chi connectivity index (χ0) is 9.54. The summed E-state index contributed by atoms with van der Waals surface area (Å²) in [4.78, 5) is 0. The summed E-state index contributed by atoms with van der Waals surface area (Å²) in [5.41, 5.74) is 0. The Kier molecular flexibility index (Phi) is 50.8. The zero-order valence-corrected chi connectivity index (χ0v) is 8.94. The highest BCUT2D eigenvalue weighted by atomic mass is 16.5. The molecule has 2 heteroatoms. The topological polar surface area (TPSA) is 18.5 Å². The van der Waals surface area contributed by atoms with Gasteiger partial charge in [-0.25, -0.2) is 0 Å². The van der Waals surface area contributed by atoms with E-state index in [4.69, 9.17) is 4.74 Å². The minimum absolute atomic E-state index is 0.819. The standard InChI is InChI=1S/C4H10O.C3H8O.C2H6/c1-3-4-5-2;1-3-4-2;1-2/h3-4H2,1-2H3;3H2,1-2H3;1-2H3. The van der Waals surface area contributed by atoms with E-state index in [1.165, 1.54) is 0 Å². The number of ether oxygens (including phenoxy) is 2. The molecule has 0 spiro atoms. The van der Waals surface area contributed by atoms with E-state index in [0.717, 1.165) is 19.6 Å². The highest BCUT2D eigenvalue weighted by Crippen LogP contribution is 1.70. The van der Waals surface area contributed by atoms with Gasteiger partial charge in [-0.1, -0.05) is 20.8 Å². The number of rotatable bonds is 3. The van der Waals surface area contributed by atoms with Crippen molar-refractivity contribution in [2.45, 2.75) is 34.1 Å². The van der Waals surface area contributed by atoms with Crippen molar-refractivity contribution in [3.05, 3.63) is 0 Å². The van der Waals surface area contributed by atoms with E-state index < -0.39 is 0 Å². The van der Waals surface area contributed by atoms with Crippen molar-refractivity contribution >= 4 is 0 Å². The van der Waals surface area contributed by atoms with E-state index in [-0.39, 0.29) is 0 Å². The molecule has 0 aromatic heterocycles. The monoisotopic (exact) mass is 164 g/mol. The molecule has 0 aliphatic heterocycles. The molecule has 0 rings (SSSR count). The maximum absolute atomic E-state index is 4.69. The molecule has 0 fully saturated rings. The summed E-state index contributed by atoms with van der Waals surface area (Å²) in [5, 5.41) is 0. The Bertz CT molecular complexity index is 26.7. The van der Waals surface area contributed by atoms with Crippen LogP contribution in [0, 0.1) is 0 Å². The SMILES string of the molecule is CC.CCCOC.CCOC. The van der Waals surface area contributed by atoms with Gasteiger partial charge in [-0.15, -0.1) is 0 Å². The van der Waals surface area contributed by atoms with Gasteiger partial charge in [0.05, 0.1) is 0 Å². The maximum atomic E-state index is 4.69. The van der Waals surface area contributed by atoms with Gasteiger partial charge in [0.2, 0.25) is 0 Å². The van der Waals surface area contributed by atoms with E-state index in [2.05, 4.69) is 11.7 Å². The van der Waals surface area contributed by atoms with Crippen LogP contribution in [0.3, 0.4) is 0 Å². The van der Waals surface area contributed by atoms with Crippen LogP contribution in [0.15, 0.2) is 0 Å². The summed E-state index contributed by atoms with van der Waals surface area (Å²) in [6.45, 7) is 9.75. The van der Waals surface area contributed by atoms with Crippen LogP contribution in [0.25, 0.3) is 0 Å². The summed E-state index contributed by atoms with van der Waals surface area (Å²) >= 11 is 0. The van der Waals surface area contributed by atoms with Crippen LogP contribution in [0.1, 0.15) is 34.1 Å². The molecule has 0 saturated carbocycles. The van der Waals surface area contributed by atoms with Crippen molar-refractivity contribution in [1.29, 1.82) is 0 Å². The van der Waals surface area contributed by atoms with Crippen molar-refractivity contribution in [3.8, 4) is 0 Å². The normalized spacial score (nSPS) is 7.09. The highest BCUT2D eigenvalue weighted by Gasteiger charge is 1.66. The molecule has 0 bridgehead atoms. The molecule has 72 valence electrons. The first-order valence-electron chi connectivity index (χ1n) is 4.31. The first kappa shape index (κ1) is 17.1. The Morgan fingerprint density at radius 2 is 1.27 bits per heavy atom. The predicted molar refractivity (Wildman–Crippen MR) is 51.1 cm³/mol. The van der Waals surface area contributed by atoms with Gasteiger partial charge in [0, 0.05) is 27.4 Å². The first-order valence-corrected chi connectivity index (χ1v) is 4.31. The summed E-state index contributed by atoms with van der Waals surface area (Å²) in [6.07, 6.45) is 1.12. The molecule has 0 saturated heterocycles. The van der Waals surface area contributed by atoms with Crippen molar-refractivity contribution < 1.29 is 9.47 Å². The van der Waals surface area contributed by atoms with Gasteiger partial charge in [-0.2, -0.15) is 0 Å². The lowest BCUT2D eigenvalue weighted by Crippen LogP contribution is -1.80. The van der Waals surface area contributed by atoms with Gasteiger partial charge < -0.3 is 9.47 Å². The molecule has 0 aromatic carbocycles. The average Bonchev–Trinajstić information content (AvgIpc) is 2.10. The smallest absolute Gasteiger partial charge is 0.0459 e. The van der Waals surface area contributed by atoms with E-state index in [1.807, 2.05) is 20.8 Å². The van der Waals surface area contributed by atoms with Crippen molar-refractivity contribution in [1.82, 2.24) is 0 Å². The molecule has 0 radical (unpaired) electrons. The van der Waals surface area contributed by atoms with E-state index in [9.17, 15) is 0 Å². The largest absolute Gasteiger partial charge is 0.385 e. The van der Waals surface area contributed by atoms with Crippen molar-refractivity contribution in [3.63, 3.8) is 0 Å². The van der Waals surface area contributed by atoms with Crippen LogP contribution in [-0.2, 0) is 9.47 Å². The number of methoxy groups -OCH3 is 2. The highest BCUT2D eigenvalue weighted by molar-refractivity contribution is 4.15. The van der Waals surface area contributed by atoms with Crippen LogP contribution in [-0.4, -0.2) is 27.4 Å². The zero-order valence-electron chi connectivity index (χ0n) is 8.94. The minimum Gasteiger partial charge on any atom is -0.385 e. The third-order valence-corrected chi connectivity index (χ3v) is 0.697. The Labute approximate surface area is 71.9 Å². The number of hydrogen-bond acceptors (Lipinski definition) is 2. The fourth-order valence-corrected chi connectivity index (χ4v) is 0.204. The van der Waals surface area contributed by atoms with E-state index in [0.29, 0.717) is 0 Å². The van der Waals surface area contributed by atoms with Crippen LogP contribution in [0.2, 0.25) is 0 Å². The first-order chi connectivity index (χ1) is 5.33. The molecule has 0 aromatic rings. The Morgan fingerprint density at radius 3 is 1.27 bits per heavy atom. The predicted octanol–water partition coefficient (Wildman–Crippen LogP) is 2.72. The van der Waals surface area contributed by atoms with Crippen LogP contribution in [0.4, 0.5) is 0 Å². The van der Waals surface area contributed by atoms with Crippen LogP contribution >= 0.6 is 0 Å². The fourth-order valence-electron chi connectivity index (χ4n) is 0.204. The van der Waals surface area contributed by atoms with Gasteiger partial charge in [-0.3, -0.25) is 0 Å². The molecular formula is C9H24O2. The van der Waals surface area contributed by atoms with E-state index >= 15 is 0 Å². The Hall–Kier alpha value is -0.0800. The van der Waals surface area contributed by atoms with Crippen molar-refractivity contribution in [2.24, 2.45) is 0 Å². The molecule has 0 N–H and O–H groups in total. The van der Waals surface area contributed by atoms with E-state index in [1.54, 1.807) is 14.2 Å². The third kappa shape index (κ3) is 73.0. The summed E-state index contributed by atoms with van der Waals surface area (Å²) < 4.78 is 9.23. The fraction of sp³-hybridized carbons (Fsp3) is 1.00. The second-order valence-corrected chi connectivity index (χ2v) is 1.57. The molecule has 0 amide bonds. The third-order valence-electron chi connectivity index (χ3n) is 0.697. The maximum Gasteiger partial charge on any atom is 0.0459 e. The van der Waals surface area contributed by atoms with Gasteiger partial charge in [0.25, 0.3) is 0 Å². The quantitative estimate of drug-likeness (QED) is 0.638. The Morgan fingerprint density at radius 1 is 0.909 bits per heavy atom. The van der Waals surface area contributed by atoms with Gasteiger partial charge in [0.1, 0.15) is 0 Å². The second-order valence-electron chi connectivity index (χ2n) is 1.57. The van der Waals surface area contributed by atoms with Crippen LogP contribution in [0.5, 0.6) is 0 Å². The van der Waals surface area contributed by atoms with Crippen molar-refractivity contribution in [2.75, 3.05) is 27.4 Å². The average molecular weight is 164 g/mol. The van der Waals surface area contributed by atoms with Gasteiger partial charge in [-0.05, 0) is 13.3 Å². The lowest BCUT2D eigenvalue weighted by molar-refractivity contribution is 0.199. The molecule has 0 unspecified atom stereocenters. The Balaban J connectivity index is -0.0000000965. The molecule has 0 atom stereocenters. The van der Waals surface area contributed by atoms with Crippen LogP contribution < -0.4 is 0 Å². The van der Waals surface area contributed by atoms with Gasteiger partial charge >= 0.3 is 0 Å². The number of hydrogen-bond donors (Lipinski definition) is 0. The molecule has 0 aliphatic carbocycles. The molecule has 0 aliphatic rings. The second kappa shape index (κ2) is 32.6. The lowest BCUT2D eigenvalue weighted by Gasteiger charge is -1.84. The molecule has 2 nitrogen and oxygen atoms in total. The van der Waals surface area contributed by atoms with Gasteiger partial charge in [0.15, 0.2) is 0 Å². The summed E-state index contributed by atoms with van der Waals surface area (Å²) in [5.74, 6) is 0. The molecule has 11 heavy (non-hydrogen) atoms. The molecule has 0 heterocycles. The lowest BCUT2D eigenvalue weighted by atomic mass is 10.5.